The fourth-order valence-electron chi connectivity index (χ4n) is 1.11. The van der Waals surface area contributed by atoms with Gasteiger partial charge in [-0.15, -0.1) is 0 Å². The molecule has 0 aliphatic heterocycles. The maximum atomic E-state index is 12.5. The summed E-state index contributed by atoms with van der Waals surface area (Å²) >= 11 is 0. The molecule has 1 amide bonds. The van der Waals surface area contributed by atoms with Crippen molar-refractivity contribution in [2.24, 2.45) is 5.73 Å². The highest BCUT2D eigenvalue weighted by Crippen LogP contribution is 2.21. The van der Waals surface area contributed by atoms with E-state index in [1.807, 2.05) is 0 Å². The lowest BCUT2D eigenvalue weighted by Crippen LogP contribution is -2.54. The van der Waals surface area contributed by atoms with Crippen LogP contribution in [0.3, 0.4) is 0 Å². The molecule has 3 N–H and O–H groups in total. The Morgan fingerprint density at radius 3 is 2.31 bits per heavy atom. The third-order valence-corrected chi connectivity index (χ3v) is 2.09. The molecule has 0 aliphatic rings. The molecule has 1 unspecified atom stereocenters. The maximum Gasteiger partial charge on any atom is 0.324 e. The molecule has 0 aliphatic carbocycles. The van der Waals surface area contributed by atoms with Gasteiger partial charge in [0.25, 0.3) is 0 Å². The molecule has 0 aromatic heterocycles. The summed E-state index contributed by atoms with van der Waals surface area (Å²) in [6, 6.07) is 0. The zero-order valence-electron chi connectivity index (χ0n) is 9.20. The van der Waals surface area contributed by atoms with Crippen molar-refractivity contribution in [2.45, 2.75) is 44.6 Å². The predicted octanol–water partition coefficient (Wildman–Crippen LogP) is 1.52. The van der Waals surface area contributed by atoms with Crippen molar-refractivity contribution < 1.29 is 22.4 Å². The number of hydrogen-bond donors (Lipinski definition) is 2. The number of amides is 1. The Kier molecular flexibility index (Phi) is 5.18. The zero-order chi connectivity index (χ0) is 13.0. The van der Waals surface area contributed by atoms with E-state index < -0.39 is 30.3 Å². The molecule has 7 heteroatoms. The topological polar surface area (TPSA) is 55.1 Å². The SMILES string of the molecule is CCCC(C)(N)C(=O)NCC(F)(F)C(F)F. The Labute approximate surface area is 91.4 Å². The molecule has 0 spiro atoms. The van der Waals surface area contributed by atoms with Gasteiger partial charge in [-0.1, -0.05) is 13.3 Å². The van der Waals surface area contributed by atoms with Crippen molar-refractivity contribution in [3.63, 3.8) is 0 Å². The van der Waals surface area contributed by atoms with Crippen LogP contribution in [0.15, 0.2) is 0 Å². The van der Waals surface area contributed by atoms with Crippen molar-refractivity contribution in [3.05, 3.63) is 0 Å². The minimum atomic E-state index is -4.22. The zero-order valence-corrected chi connectivity index (χ0v) is 9.20. The molecular formula is C9H16F4N2O. The fraction of sp³-hybridized carbons (Fsp3) is 0.889. The fourth-order valence-corrected chi connectivity index (χ4v) is 1.11. The van der Waals surface area contributed by atoms with E-state index in [-0.39, 0.29) is 0 Å². The number of carbonyl (C=O) groups excluding carboxylic acids is 1. The summed E-state index contributed by atoms with van der Waals surface area (Å²) in [6.07, 6.45) is -2.92. The first kappa shape index (κ1) is 15.2. The van der Waals surface area contributed by atoms with E-state index in [1.54, 1.807) is 12.2 Å². The predicted molar refractivity (Wildman–Crippen MR) is 51.5 cm³/mol. The average Bonchev–Trinajstić information content (AvgIpc) is 2.13. The minimum absolute atomic E-state index is 0.291. The second-order valence-corrected chi connectivity index (χ2v) is 3.91. The smallest absolute Gasteiger partial charge is 0.324 e. The number of hydrogen-bond acceptors (Lipinski definition) is 2. The Bertz CT molecular complexity index is 244. The van der Waals surface area contributed by atoms with E-state index >= 15 is 0 Å². The number of nitrogens with two attached hydrogens (primary N) is 1. The molecule has 0 rings (SSSR count). The molecule has 16 heavy (non-hydrogen) atoms. The van der Waals surface area contributed by atoms with Crippen LogP contribution in [0, 0.1) is 0 Å². The lowest BCUT2D eigenvalue weighted by molar-refractivity contribution is -0.139. The van der Waals surface area contributed by atoms with Crippen LogP contribution in [-0.2, 0) is 4.79 Å². The van der Waals surface area contributed by atoms with Gasteiger partial charge in [0.1, 0.15) is 0 Å². The quantitative estimate of drug-likeness (QED) is 0.696. The summed E-state index contributed by atoms with van der Waals surface area (Å²) in [7, 11) is 0. The van der Waals surface area contributed by atoms with Crippen molar-refractivity contribution in [3.8, 4) is 0 Å². The molecule has 0 aromatic rings. The van der Waals surface area contributed by atoms with E-state index in [2.05, 4.69) is 0 Å². The van der Waals surface area contributed by atoms with Crippen LogP contribution in [0.1, 0.15) is 26.7 Å². The van der Waals surface area contributed by atoms with E-state index in [4.69, 9.17) is 5.73 Å². The highest BCUT2D eigenvalue weighted by atomic mass is 19.3. The van der Waals surface area contributed by atoms with Gasteiger partial charge in [0.15, 0.2) is 0 Å². The summed E-state index contributed by atoms with van der Waals surface area (Å²) < 4.78 is 48.5. The summed E-state index contributed by atoms with van der Waals surface area (Å²) in [5.41, 5.74) is 4.22. The first-order chi connectivity index (χ1) is 7.13. The van der Waals surface area contributed by atoms with Crippen molar-refractivity contribution >= 4 is 5.91 Å². The Morgan fingerprint density at radius 1 is 1.44 bits per heavy atom. The average molecular weight is 244 g/mol. The van der Waals surface area contributed by atoms with Gasteiger partial charge in [0, 0.05) is 0 Å². The summed E-state index contributed by atoms with van der Waals surface area (Å²) in [4.78, 5) is 11.3. The van der Waals surface area contributed by atoms with Crippen molar-refractivity contribution in [2.75, 3.05) is 6.54 Å². The van der Waals surface area contributed by atoms with E-state index in [9.17, 15) is 22.4 Å². The third kappa shape index (κ3) is 4.34. The minimum Gasteiger partial charge on any atom is -0.348 e. The van der Waals surface area contributed by atoms with Gasteiger partial charge in [0.05, 0.1) is 12.1 Å². The number of alkyl halides is 4. The first-order valence-electron chi connectivity index (χ1n) is 4.86. The van der Waals surface area contributed by atoms with Crippen LogP contribution in [0.2, 0.25) is 0 Å². The van der Waals surface area contributed by atoms with Crippen LogP contribution < -0.4 is 11.1 Å². The van der Waals surface area contributed by atoms with E-state index in [0.717, 1.165) is 0 Å². The molecule has 0 heterocycles. The number of halogens is 4. The van der Waals surface area contributed by atoms with Gasteiger partial charge < -0.3 is 11.1 Å². The standard InChI is InChI=1S/C9H16F4N2O/c1-3-4-8(2,14)7(16)15-5-9(12,13)6(10)11/h6H,3-5,14H2,1-2H3,(H,15,16). The normalized spacial score (nSPS) is 16.0. The second-order valence-electron chi connectivity index (χ2n) is 3.91. The highest BCUT2D eigenvalue weighted by molar-refractivity contribution is 5.85. The lowest BCUT2D eigenvalue weighted by atomic mass is 9.96. The Morgan fingerprint density at radius 2 is 1.94 bits per heavy atom. The van der Waals surface area contributed by atoms with Crippen LogP contribution in [-0.4, -0.2) is 30.3 Å². The van der Waals surface area contributed by atoms with Gasteiger partial charge >= 0.3 is 12.3 Å². The van der Waals surface area contributed by atoms with Gasteiger partial charge in [-0.25, -0.2) is 8.78 Å². The Balaban J connectivity index is 4.27. The lowest BCUT2D eigenvalue weighted by Gasteiger charge is -2.24. The van der Waals surface area contributed by atoms with Gasteiger partial charge in [-0.2, -0.15) is 8.78 Å². The van der Waals surface area contributed by atoms with Crippen LogP contribution >= 0.6 is 0 Å². The summed E-state index contributed by atoms with van der Waals surface area (Å²) in [5, 5.41) is 1.74. The molecule has 0 bridgehead atoms. The van der Waals surface area contributed by atoms with Crippen LogP contribution in [0.5, 0.6) is 0 Å². The maximum absolute atomic E-state index is 12.5. The molecule has 0 radical (unpaired) electrons. The van der Waals surface area contributed by atoms with Crippen LogP contribution in [0.4, 0.5) is 17.6 Å². The van der Waals surface area contributed by atoms with E-state index in [0.29, 0.717) is 12.8 Å². The second kappa shape index (κ2) is 5.47. The molecular weight excluding hydrogens is 228 g/mol. The molecule has 96 valence electrons. The summed E-state index contributed by atoms with van der Waals surface area (Å²) in [6.45, 7) is 1.73. The summed E-state index contributed by atoms with van der Waals surface area (Å²) in [5.74, 6) is -5.08. The number of carbonyl (C=O) groups is 1. The molecule has 0 saturated heterocycles. The van der Waals surface area contributed by atoms with E-state index in [1.165, 1.54) is 6.92 Å². The number of rotatable bonds is 6. The molecule has 0 aromatic carbocycles. The third-order valence-electron chi connectivity index (χ3n) is 2.09. The highest BCUT2D eigenvalue weighted by Gasteiger charge is 2.41. The molecule has 0 fully saturated rings. The monoisotopic (exact) mass is 244 g/mol. The largest absolute Gasteiger partial charge is 0.348 e. The molecule has 0 saturated carbocycles. The van der Waals surface area contributed by atoms with Gasteiger partial charge in [0.2, 0.25) is 5.91 Å². The van der Waals surface area contributed by atoms with Crippen molar-refractivity contribution in [1.29, 1.82) is 0 Å². The molecule has 1 atom stereocenters. The van der Waals surface area contributed by atoms with Gasteiger partial charge in [-0.05, 0) is 13.3 Å². The molecule has 3 nitrogen and oxygen atoms in total. The Hall–Kier alpha value is -0.850. The van der Waals surface area contributed by atoms with Gasteiger partial charge in [-0.3, -0.25) is 4.79 Å². The van der Waals surface area contributed by atoms with Crippen molar-refractivity contribution in [1.82, 2.24) is 5.32 Å². The number of nitrogens with one attached hydrogen (secondary N) is 1. The van der Waals surface area contributed by atoms with Crippen LogP contribution in [0.25, 0.3) is 0 Å². The first-order valence-corrected chi connectivity index (χ1v) is 4.86.